The Morgan fingerprint density at radius 3 is 2.11 bits per heavy atom. The van der Waals surface area contributed by atoms with Crippen molar-refractivity contribution in [3.63, 3.8) is 0 Å². The second-order valence-electron chi connectivity index (χ2n) is 4.03. The van der Waals surface area contributed by atoms with Crippen LogP contribution in [0.2, 0.25) is 0 Å². The fraction of sp³-hybridized carbons (Fsp3) is 0.235. The Bertz CT molecular complexity index is 467. The van der Waals surface area contributed by atoms with E-state index in [4.69, 9.17) is 0 Å². The van der Waals surface area contributed by atoms with Crippen molar-refractivity contribution in [2.45, 2.75) is 27.7 Å². The fourth-order valence-electron chi connectivity index (χ4n) is 1.21. The first-order chi connectivity index (χ1) is 8.99. The van der Waals surface area contributed by atoms with Gasteiger partial charge in [0.25, 0.3) is 5.91 Å². The summed E-state index contributed by atoms with van der Waals surface area (Å²) in [7, 11) is 0. The average molecular weight is 257 g/mol. The molecule has 0 bridgehead atoms. The normalized spacial score (nSPS) is 9.47. The van der Waals surface area contributed by atoms with Gasteiger partial charge >= 0.3 is 0 Å². The van der Waals surface area contributed by atoms with Gasteiger partial charge in [-0.3, -0.25) is 4.79 Å². The highest BCUT2D eigenvalue weighted by atomic mass is 16.1. The number of nitrogens with one attached hydrogen (secondary N) is 1. The molecule has 102 valence electrons. The Labute approximate surface area is 116 Å². The monoisotopic (exact) mass is 257 g/mol. The van der Waals surface area contributed by atoms with E-state index in [1.54, 1.807) is 24.3 Å². The Balaban J connectivity index is 0.00000154. The molecule has 0 unspecified atom stereocenters. The molecule has 1 rings (SSSR count). The zero-order chi connectivity index (χ0) is 14.8. The number of hydrogen-bond donors (Lipinski definition) is 1. The quantitative estimate of drug-likeness (QED) is 0.796. The van der Waals surface area contributed by atoms with Crippen molar-refractivity contribution < 1.29 is 4.79 Å². The van der Waals surface area contributed by atoms with Gasteiger partial charge in [0.2, 0.25) is 0 Å². The average Bonchev–Trinajstić information content (AvgIpc) is 2.39. The molecule has 0 heterocycles. The molecule has 0 aliphatic heterocycles. The molecular weight excluding hydrogens is 234 g/mol. The molecule has 0 aliphatic rings. The third-order valence-corrected chi connectivity index (χ3v) is 2.16. The SMILES string of the molecule is C=C(C)/C=C\C(=C)NC(=O)c1ccc(C)cc1.CC. The van der Waals surface area contributed by atoms with Crippen LogP contribution < -0.4 is 5.32 Å². The van der Waals surface area contributed by atoms with Crippen LogP contribution in [-0.4, -0.2) is 5.91 Å². The van der Waals surface area contributed by atoms with Crippen LogP contribution in [0.1, 0.15) is 36.7 Å². The Morgan fingerprint density at radius 2 is 1.63 bits per heavy atom. The summed E-state index contributed by atoms with van der Waals surface area (Å²) in [6, 6.07) is 7.39. The molecule has 0 aliphatic carbocycles. The summed E-state index contributed by atoms with van der Waals surface area (Å²) in [5.41, 5.74) is 3.22. The molecule has 19 heavy (non-hydrogen) atoms. The Kier molecular flexibility index (Phi) is 7.94. The van der Waals surface area contributed by atoms with Crippen LogP contribution in [0, 0.1) is 6.92 Å². The predicted molar refractivity (Wildman–Crippen MR) is 83.1 cm³/mol. The lowest BCUT2D eigenvalue weighted by molar-refractivity contribution is 0.0967. The van der Waals surface area contributed by atoms with E-state index in [0.717, 1.165) is 11.1 Å². The van der Waals surface area contributed by atoms with Crippen molar-refractivity contribution >= 4 is 5.91 Å². The van der Waals surface area contributed by atoms with Gasteiger partial charge in [0.15, 0.2) is 0 Å². The first-order valence-corrected chi connectivity index (χ1v) is 6.39. The van der Waals surface area contributed by atoms with Gasteiger partial charge in [-0.25, -0.2) is 0 Å². The molecule has 1 aromatic carbocycles. The predicted octanol–water partition coefficient (Wildman–Crippen LogP) is 4.40. The molecule has 0 radical (unpaired) electrons. The number of carbonyl (C=O) groups is 1. The molecule has 2 nitrogen and oxygen atoms in total. The first kappa shape index (κ1) is 16.9. The molecule has 1 amide bonds. The summed E-state index contributed by atoms with van der Waals surface area (Å²) in [6.07, 6.45) is 3.53. The molecule has 2 heteroatoms. The van der Waals surface area contributed by atoms with Crippen LogP contribution in [0.5, 0.6) is 0 Å². The van der Waals surface area contributed by atoms with Gasteiger partial charge in [0, 0.05) is 11.3 Å². The van der Waals surface area contributed by atoms with E-state index in [-0.39, 0.29) is 5.91 Å². The van der Waals surface area contributed by atoms with Crippen molar-refractivity contribution in [3.05, 3.63) is 72.0 Å². The van der Waals surface area contributed by atoms with Crippen LogP contribution in [0.3, 0.4) is 0 Å². The van der Waals surface area contributed by atoms with E-state index in [1.807, 2.05) is 39.8 Å². The van der Waals surface area contributed by atoms with E-state index in [1.165, 1.54) is 0 Å². The number of rotatable bonds is 4. The topological polar surface area (TPSA) is 29.1 Å². The molecule has 0 saturated heterocycles. The lowest BCUT2D eigenvalue weighted by atomic mass is 10.1. The molecule has 0 fully saturated rings. The molecule has 0 aromatic heterocycles. The number of amides is 1. The van der Waals surface area contributed by atoms with Gasteiger partial charge in [-0.2, -0.15) is 0 Å². The van der Waals surface area contributed by atoms with Crippen molar-refractivity contribution in [2.24, 2.45) is 0 Å². The summed E-state index contributed by atoms with van der Waals surface area (Å²) >= 11 is 0. The summed E-state index contributed by atoms with van der Waals surface area (Å²) in [5, 5.41) is 2.71. The zero-order valence-corrected chi connectivity index (χ0v) is 12.3. The van der Waals surface area contributed by atoms with Gasteiger partial charge in [-0.05, 0) is 32.1 Å². The van der Waals surface area contributed by atoms with E-state index < -0.39 is 0 Å². The van der Waals surface area contributed by atoms with Gasteiger partial charge in [-0.15, -0.1) is 0 Å². The highest BCUT2D eigenvalue weighted by Crippen LogP contribution is 2.04. The maximum absolute atomic E-state index is 11.8. The van der Waals surface area contributed by atoms with Crippen molar-refractivity contribution in [1.29, 1.82) is 0 Å². The van der Waals surface area contributed by atoms with Gasteiger partial charge in [0.05, 0.1) is 0 Å². The van der Waals surface area contributed by atoms with Crippen LogP contribution in [-0.2, 0) is 0 Å². The van der Waals surface area contributed by atoms with Crippen LogP contribution in [0.25, 0.3) is 0 Å². The third kappa shape index (κ3) is 7.04. The molecule has 0 saturated carbocycles. The van der Waals surface area contributed by atoms with E-state index in [0.29, 0.717) is 11.3 Å². The minimum absolute atomic E-state index is 0.152. The summed E-state index contributed by atoms with van der Waals surface area (Å²) < 4.78 is 0. The van der Waals surface area contributed by atoms with Gasteiger partial charge in [-0.1, -0.05) is 56.4 Å². The van der Waals surface area contributed by atoms with Crippen molar-refractivity contribution in [3.8, 4) is 0 Å². The largest absolute Gasteiger partial charge is 0.323 e. The van der Waals surface area contributed by atoms with Crippen molar-refractivity contribution in [2.75, 3.05) is 0 Å². The fourth-order valence-corrected chi connectivity index (χ4v) is 1.21. The Morgan fingerprint density at radius 1 is 1.11 bits per heavy atom. The van der Waals surface area contributed by atoms with E-state index in [2.05, 4.69) is 18.5 Å². The lowest BCUT2D eigenvalue weighted by Gasteiger charge is -2.04. The summed E-state index contributed by atoms with van der Waals surface area (Å²) in [4.78, 5) is 11.8. The minimum atomic E-state index is -0.152. The second-order valence-corrected chi connectivity index (χ2v) is 4.03. The number of hydrogen-bond acceptors (Lipinski definition) is 1. The highest BCUT2D eigenvalue weighted by molar-refractivity contribution is 5.95. The maximum Gasteiger partial charge on any atom is 0.255 e. The third-order valence-electron chi connectivity index (χ3n) is 2.16. The number of aryl methyl sites for hydroxylation is 1. The summed E-state index contributed by atoms with van der Waals surface area (Å²) in [5.74, 6) is -0.152. The lowest BCUT2D eigenvalue weighted by Crippen LogP contribution is -2.21. The molecule has 0 spiro atoms. The highest BCUT2D eigenvalue weighted by Gasteiger charge is 2.04. The zero-order valence-electron chi connectivity index (χ0n) is 12.3. The smallest absolute Gasteiger partial charge is 0.255 e. The van der Waals surface area contributed by atoms with Crippen LogP contribution >= 0.6 is 0 Å². The number of benzene rings is 1. The molecule has 1 N–H and O–H groups in total. The van der Waals surface area contributed by atoms with Gasteiger partial charge < -0.3 is 5.32 Å². The molecular formula is C17H23NO. The van der Waals surface area contributed by atoms with E-state index in [9.17, 15) is 4.79 Å². The second kappa shape index (κ2) is 8.92. The molecule has 1 aromatic rings. The molecule has 0 atom stereocenters. The first-order valence-electron chi connectivity index (χ1n) is 6.39. The van der Waals surface area contributed by atoms with Gasteiger partial charge in [0.1, 0.15) is 0 Å². The minimum Gasteiger partial charge on any atom is -0.323 e. The summed E-state index contributed by atoms with van der Waals surface area (Å²) in [6.45, 7) is 15.3. The maximum atomic E-state index is 11.8. The van der Waals surface area contributed by atoms with Crippen LogP contribution in [0.4, 0.5) is 0 Å². The van der Waals surface area contributed by atoms with E-state index >= 15 is 0 Å². The Hall–Kier alpha value is -2.09. The van der Waals surface area contributed by atoms with Crippen molar-refractivity contribution in [1.82, 2.24) is 5.32 Å². The number of allylic oxidation sites excluding steroid dienone is 3. The standard InChI is InChI=1S/C15H17NO.C2H6/c1-11(2)5-8-13(4)16-15(17)14-9-6-12(3)7-10-14;1-2/h5-10H,1,4H2,2-3H3,(H,16,17);1-2H3/b8-5-;. The number of carbonyl (C=O) groups excluding carboxylic acids is 1. The van der Waals surface area contributed by atoms with Crippen LogP contribution in [0.15, 0.2) is 60.8 Å².